The molecule has 1 aromatic carbocycles. The van der Waals surface area contributed by atoms with E-state index in [0.717, 1.165) is 11.3 Å². The Hall–Kier alpha value is -2.24. The molecule has 1 unspecified atom stereocenters. The maximum atomic E-state index is 11.7. The first-order valence-corrected chi connectivity index (χ1v) is 6.94. The van der Waals surface area contributed by atoms with Crippen LogP contribution in [-0.2, 0) is 11.2 Å². The van der Waals surface area contributed by atoms with Crippen LogP contribution < -0.4 is 15.4 Å². The van der Waals surface area contributed by atoms with Gasteiger partial charge in [0.2, 0.25) is 0 Å². The quantitative estimate of drug-likeness (QED) is 0.682. The first-order valence-electron chi connectivity index (χ1n) is 6.94. The van der Waals surface area contributed by atoms with Gasteiger partial charge in [-0.1, -0.05) is 25.1 Å². The van der Waals surface area contributed by atoms with Gasteiger partial charge in [-0.25, -0.2) is 4.79 Å². The first kappa shape index (κ1) is 16.8. The average molecular weight is 294 g/mol. The van der Waals surface area contributed by atoms with Gasteiger partial charge in [-0.2, -0.15) is 0 Å². The van der Waals surface area contributed by atoms with Crippen molar-refractivity contribution in [1.82, 2.24) is 10.6 Å². The summed E-state index contributed by atoms with van der Waals surface area (Å²) in [6, 6.07) is 6.91. The minimum atomic E-state index is -0.920. The van der Waals surface area contributed by atoms with Crippen LogP contribution in [0.3, 0.4) is 0 Å². The summed E-state index contributed by atoms with van der Waals surface area (Å²) < 4.78 is 5.23. The highest BCUT2D eigenvalue weighted by Crippen LogP contribution is 2.17. The van der Waals surface area contributed by atoms with Gasteiger partial charge < -0.3 is 20.5 Å². The summed E-state index contributed by atoms with van der Waals surface area (Å²) in [7, 11) is 1.61. The maximum absolute atomic E-state index is 11.7. The van der Waals surface area contributed by atoms with Gasteiger partial charge in [-0.3, -0.25) is 4.79 Å². The lowest BCUT2D eigenvalue weighted by Gasteiger charge is -2.15. The van der Waals surface area contributed by atoms with Crippen LogP contribution >= 0.6 is 0 Å². The van der Waals surface area contributed by atoms with E-state index in [4.69, 9.17) is 9.84 Å². The van der Waals surface area contributed by atoms with Gasteiger partial charge in [-0.15, -0.1) is 0 Å². The molecule has 0 bridgehead atoms. The Bertz CT molecular complexity index is 476. The third-order valence-corrected chi connectivity index (χ3v) is 3.12. The molecule has 1 atom stereocenters. The zero-order chi connectivity index (χ0) is 15.7. The molecular formula is C15H22N2O4. The number of ether oxygens (including phenoxy) is 1. The summed E-state index contributed by atoms with van der Waals surface area (Å²) in [6.45, 7) is 2.29. The lowest BCUT2D eigenvalue weighted by molar-refractivity contribution is -0.137. The standard InChI is InChI=1S/C15H22N2O4/c1-3-12(10-14(18)19)17-15(20)16-9-8-11-6-4-5-7-13(11)21-2/h4-7,12H,3,8-10H2,1-2H3,(H,18,19)(H2,16,17,20). The van der Waals surface area contributed by atoms with E-state index in [0.29, 0.717) is 19.4 Å². The molecule has 1 rings (SSSR count). The SMILES string of the molecule is CCC(CC(=O)O)NC(=O)NCCc1ccccc1OC. The Morgan fingerprint density at radius 1 is 1.33 bits per heavy atom. The zero-order valence-electron chi connectivity index (χ0n) is 12.4. The molecule has 0 aliphatic carbocycles. The number of carboxylic acids is 1. The molecule has 116 valence electrons. The molecule has 6 heteroatoms. The number of rotatable bonds is 8. The van der Waals surface area contributed by atoms with Gasteiger partial charge in [0.05, 0.1) is 13.5 Å². The van der Waals surface area contributed by atoms with E-state index in [1.165, 1.54) is 0 Å². The Kier molecular flexibility index (Phi) is 7.08. The number of benzene rings is 1. The van der Waals surface area contributed by atoms with Gasteiger partial charge in [0.1, 0.15) is 5.75 Å². The first-order chi connectivity index (χ1) is 10.1. The minimum absolute atomic E-state index is 0.0730. The fourth-order valence-corrected chi connectivity index (χ4v) is 1.96. The molecule has 21 heavy (non-hydrogen) atoms. The number of para-hydroxylation sites is 1. The molecule has 0 spiro atoms. The normalized spacial score (nSPS) is 11.5. The van der Waals surface area contributed by atoms with Crippen molar-refractivity contribution in [3.8, 4) is 5.75 Å². The Morgan fingerprint density at radius 3 is 2.67 bits per heavy atom. The lowest BCUT2D eigenvalue weighted by Crippen LogP contribution is -2.43. The van der Waals surface area contributed by atoms with Gasteiger partial charge in [0.25, 0.3) is 0 Å². The second-order valence-corrected chi connectivity index (χ2v) is 4.67. The number of carboxylic acid groups (broad SMARTS) is 1. The van der Waals surface area contributed by atoms with E-state index < -0.39 is 5.97 Å². The third kappa shape index (κ3) is 6.16. The maximum Gasteiger partial charge on any atom is 0.315 e. The number of amides is 2. The highest BCUT2D eigenvalue weighted by molar-refractivity contribution is 5.75. The topological polar surface area (TPSA) is 87.7 Å². The summed E-state index contributed by atoms with van der Waals surface area (Å²) >= 11 is 0. The van der Waals surface area contributed by atoms with Gasteiger partial charge in [0, 0.05) is 12.6 Å². The van der Waals surface area contributed by atoms with E-state index >= 15 is 0 Å². The summed E-state index contributed by atoms with van der Waals surface area (Å²) in [6.07, 6.45) is 1.15. The molecule has 0 heterocycles. The molecule has 0 fully saturated rings. The number of aliphatic carboxylic acids is 1. The number of nitrogens with one attached hydrogen (secondary N) is 2. The van der Waals surface area contributed by atoms with Crippen molar-refractivity contribution in [1.29, 1.82) is 0 Å². The van der Waals surface area contributed by atoms with E-state index in [1.807, 2.05) is 31.2 Å². The molecule has 0 aromatic heterocycles. The molecule has 2 amide bonds. The molecule has 0 saturated carbocycles. The second-order valence-electron chi connectivity index (χ2n) is 4.67. The van der Waals surface area contributed by atoms with Crippen LogP contribution in [0.15, 0.2) is 24.3 Å². The number of hydrogen-bond donors (Lipinski definition) is 3. The van der Waals surface area contributed by atoms with E-state index in [2.05, 4.69) is 10.6 Å². The van der Waals surface area contributed by atoms with Crippen LogP contribution in [-0.4, -0.2) is 36.8 Å². The smallest absolute Gasteiger partial charge is 0.315 e. The zero-order valence-corrected chi connectivity index (χ0v) is 12.4. The van der Waals surface area contributed by atoms with E-state index in [9.17, 15) is 9.59 Å². The van der Waals surface area contributed by atoms with Crippen LogP contribution in [0.2, 0.25) is 0 Å². The molecule has 6 nitrogen and oxygen atoms in total. The molecular weight excluding hydrogens is 272 g/mol. The monoisotopic (exact) mass is 294 g/mol. The van der Waals surface area contributed by atoms with Crippen molar-refractivity contribution < 1.29 is 19.4 Å². The fraction of sp³-hybridized carbons (Fsp3) is 0.467. The van der Waals surface area contributed by atoms with Crippen molar-refractivity contribution in [3.63, 3.8) is 0 Å². The predicted octanol–water partition coefficient (Wildman–Crippen LogP) is 1.79. The number of carbonyl (C=O) groups is 2. The van der Waals surface area contributed by atoms with Crippen molar-refractivity contribution in [2.24, 2.45) is 0 Å². The fourth-order valence-electron chi connectivity index (χ4n) is 1.96. The Labute approximate surface area is 124 Å². The average Bonchev–Trinajstić information content (AvgIpc) is 2.46. The molecule has 0 saturated heterocycles. The summed E-state index contributed by atoms with van der Waals surface area (Å²) in [5.74, 6) is -0.131. The highest BCUT2D eigenvalue weighted by atomic mass is 16.5. The number of methoxy groups -OCH3 is 1. The summed E-state index contributed by atoms with van der Waals surface area (Å²) in [4.78, 5) is 22.3. The molecule has 0 aliphatic heterocycles. The molecule has 0 radical (unpaired) electrons. The van der Waals surface area contributed by atoms with Crippen molar-refractivity contribution in [2.45, 2.75) is 32.2 Å². The number of carbonyl (C=O) groups excluding carboxylic acids is 1. The van der Waals surface area contributed by atoms with Crippen LogP contribution in [0, 0.1) is 0 Å². The molecule has 0 aliphatic rings. The molecule has 3 N–H and O–H groups in total. The second kappa shape index (κ2) is 8.84. The van der Waals surface area contributed by atoms with Gasteiger partial charge >= 0.3 is 12.0 Å². The Balaban J connectivity index is 2.37. The van der Waals surface area contributed by atoms with Crippen LogP contribution in [0.1, 0.15) is 25.3 Å². The van der Waals surface area contributed by atoms with Crippen molar-refractivity contribution in [2.75, 3.05) is 13.7 Å². The van der Waals surface area contributed by atoms with Crippen molar-refractivity contribution >= 4 is 12.0 Å². The van der Waals surface area contributed by atoms with Gasteiger partial charge in [-0.05, 0) is 24.5 Å². The van der Waals surface area contributed by atoms with Crippen LogP contribution in [0.5, 0.6) is 5.75 Å². The van der Waals surface area contributed by atoms with Crippen molar-refractivity contribution in [3.05, 3.63) is 29.8 Å². The lowest BCUT2D eigenvalue weighted by atomic mass is 10.1. The summed E-state index contributed by atoms with van der Waals surface area (Å²) in [5.41, 5.74) is 1.01. The minimum Gasteiger partial charge on any atom is -0.496 e. The number of urea groups is 1. The predicted molar refractivity (Wildman–Crippen MR) is 79.6 cm³/mol. The third-order valence-electron chi connectivity index (χ3n) is 3.12. The van der Waals surface area contributed by atoms with Crippen LogP contribution in [0.25, 0.3) is 0 Å². The Morgan fingerprint density at radius 2 is 2.05 bits per heavy atom. The summed E-state index contributed by atoms with van der Waals surface area (Å²) in [5, 5.41) is 14.1. The van der Waals surface area contributed by atoms with E-state index in [1.54, 1.807) is 7.11 Å². The molecule has 1 aromatic rings. The van der Waals surface area contributed by atoms with Gasteiger partial charge in [0.15, 0.2) is 0 Å². The van der Waals surface area contributed by atoms with Crippen LogP contribution in [0.4, 0.5) is 4.79 Å². The van der Waals surface area contributed by atoms with E-state index in [-0.39, 0.29) is 18.5 Å². The highest BCUT2D eigenvalue weighted by Gasteiger charge is 2.13. The number of hydrogen-bond acceptors (Lipinski definition) is 3. The largest absolute Gasteiger partial charge is 0.496 e.